The average molecular weight is 372 g/mol. The number of ether oxygens (including phenoxy) is 1. The number of phenolic OH excluding ortho intramolecular Hbond substituents is 1. The third kappa shape index (κ3) is 3.34. The lowest BCUT2D eigenvalue weighted by atomic mass is 9.80. The van der Waals surface area contributed by atoms with Gasteiger partial charge >= 0.3 is 6.03 Å². The van der Waals surface area contributed by atoms with Crippen molar-refractivity contribution in [3.8, 4) is 11.5 Å². The Morgan fingerprint density at radius 1 is 0.929 bits per heavy atom. The van der Waals surface area contributed by atoms with E-state index in [1.165, 1.54) is 7.11 Å². The number of phenols is 1. The van der Waals surface area contributed by atoms with Crippen molar-refractivity contribution in [2.45, 2.75) is 12.0 Å². The van der Waals surface area contributed by atoms with Crippen molar-refractivity contribution in [1.82, 2.24) is 5.32 Å². The maximum atomic E-state index is 12.4. The quantitative estimate of drug-likeness (QED) is 0.711. The lowest BCUT2D eigenvalue weighted by molar-refractivity contribution is 0.243. The Labute approximate surface area is 163 Å². The summed E-state index contributed by atoms with van der Waals surface area (Å²) in [6, 6.07) is 24.1. The third-order valence-electron chi connectivity index (χ3n) is 4.92. The second kappa shape index (κ2) is 7.56. The van der Waals surface area contributed by atoms with E-state index in [0.717, 1.165) is 16.7 Å². The highest BCUT2D eigenvalue weighted by Crippen LogP contribution is 2.39. The van der Waals surface area contributed by atoms with Crippen molar-refractivity contribution in [3.63, 3.8) is 0 Å². The van der Waals surface area contributed by atoms with Gasteiger partial charge in [-0.2, -0.15) is 4.99 Å². The van der Waals surface area contributed by atoms with Crippen LogP contribution in [0.25, 0.3) is 0 Å². The van der Waals surface area contributed by atoms with Gasteiger partial charge in [0.2, 0.25) is 0 Å². The molecule has 5 nitrogen and oxygen atoms in total. The zero-order valence-electron chi connectivity index (χ0n) is 15.4. The monoisotopic (exact) mass is 372 g/mol. The topological polar surface area (TPSA) is 70.9 Å². The molecular weight excluding hydrogens is 352 g/mol. The standard InChI is InChI=1S/C23H20N2O3/c1-28-19-14-17(12-13-18(19)26)22-20(15-8-4-2-5-9-15)21(24-23(27)25-22)16-10-6-3-7-11-16/h2-14,20,22,26H,1H3,(H,25,27). The van der Waals surface area contributed by atoms with Crippen molar-refractivity contribution < 1.29 is 14.6 Å². The van der Waals surface area contributed by atoms with Crippen molar-refractivity contribution in [1.29, 1.82) is 0 Å². The van der Waals surface area contributed by atoms with Gasteiger partial charge in [0.05, 0.1) is 24.8 Å². The molecule has 2 amide bonds. The molecule has 0 fully saturated rings. The zero-order valence-corrected chi connectivity index (χ0v) is 15.4. The summed E-state index contributed by atoms with van der Waals surface area (Å²) in [6.07, 6.45) is 0. The Balaban J connectivity index is 1.88. The van der Waals surface area contributed by atoms with Gasteiger partial charge < -0.3 is 15.2 Å². The molecule has 0 saturated heterocycles. The maximum absolute atomic E-state index is 12.4. The molecule has 0 spiro atoms. The van der Waals surface area contributed by atoms with Gasteiger partial charge in [-0.25, -0.2) is 4.79 Å². The van der Waals surface area contributed by atoms with E-state index in [0.29, 0.717) is 11.5 Å². The first-order valence-corrected chi connectivity index (χ1v) is 9.03. The van der Waals surface area contributed by atoms with Gasteiger partial charge in [0.1, 0.15) is 0 Å². The number of aliphatic imine (C=N–C) groups is 1. The number of aromatic hydroxyl groups is 1. The molecule has 4 rings (SSSR count). The van der Waals surface area contributed by atoms with Crippen LogP contribution in [0.4, 0.5) is 4.79 Å². The molecule has 1 heterocycles. The Hall–Kier alpha value is -3.60. The summed E-state index contributed by atoms with van der Waals surface area (Å²) in [6.45, 7) is 0. The smallest absolute Gasteiger partial charge is 0.341 e. The summed E-state index contributed by atoms with van der Waals surface area (Å²) in [5, 5.41) is 13.0. The van der Waals surface area contributed by atoms with Crippen LogP contribution in [-0.4, -0.2) is 24.0 Å². The first kappa shape index (κ1) is 17.8. The second-order valence-electron chi connectivity index (χ2n) is 6.61. The SMILES string of the molecule is COc1cc(C2NC(=O)N=C(c3ccccc3)C2c2ccccc2)ccc1O. The number of carbonyl (C=O) groups is 1. The Morgan fingerprint density at radius 3 is 2.29 bits per heavy atom. The van der Waals surface area contributed by atoms with E-state index < -0.39 is 0 Å². The molecule has 28 heavy (non-hydrogen) atoms. The number of nitrogens with zero attached hydrogens (tertiary/aromatic N) is 1. The molecule has 1 aliphatic heterocycles. The molecule has 2 atom stereocenters. The third-order valence-corrected chi connectivity index (χ3v) is 4.92. The fraction of sp³-hybridized carbons (Fsp3) is 0.130. The Kier molecular flexibility index (Phi) is 4.81. The molecule has 3 aromatic rings. The predicted molar refractivity (Wildman–Crippen MR) is 108 cm³/mol. The lowest BCUT2D eigenvalue weighted by Gasteiger charge is -2.33. The fourth-order valence-electron chi connectivity index (χ4n) is 3.61. The van der Waals surface area contributed by atoms with Gasteiger partial charge in [0.25, 0.3) is 0 Å². The van der Waals surface area contributed by atoms with E-state index in [1.807, 2.05) is 60.7 Å². The van der Waals surface area contributed by atoms with Crippen LogP contribution in [0.1, 0.15) is 28.7 Å². The minimum Gasteiger partial charge on any atom is -0.504 e. The molecule has 0 radical (unpaired) electrons. The molecule has 0 aromatic heterocycles. The summed E-state index contributed by atoms with van der Waals surface area (Å²) in [5.74, 6) is 0.236. The fourth-order valence-corrected chi connectivity index (χ4v) is 3.61. The number of methoxy groups -OCH3 is 1. The van der Waals surface area contributed by atoms with Gasteiger partial charge in [0, 0.05) is 0 Å². The summed E-state index contributed by atoms with van der Waals surface area (Å²) in [5.41, 5.74) is 3.50. The molecule has 0 saturated carbocycles. The van der Waals surface area contributed by atoms with Crippen molar-refractivity contribution >= 4 is 11.7 Å². The van der Waals surface area contributed by atoms with E-state index in [4.69, 9.17) is 4.74 Å². The van der Waals surface area contributed by atoms with Crippen LogP contribution in [0.2, 0.25) is 0 Å². The lowest BCUT2D eigenvalue weighted by Crippen LogP contribution is -2.40. The highest BCUT2D eigenvalue weighted by atomic mass is 16.5. The van der Waals surface area contributed by atoms with E-state index >= 15 is 0 Å². The van der Waals surface area contributed by atoms with Crippen molar-refractivity contribution in [2.75, 3.05) is 7.11 Å². The number of nitrogens with one attached hydrogen (secondary N) is 1. The zero-order chi connectivity index (χ0) is 19.5. The number of carbonyl (C=O) groups excluding carboxylic acids is 1. The van der Waals surface area contributed by atoms with Gasteiger partial charge in [-0.05, 0) is 28.8 Å². The van der Waals surface area contributed by atoms with E-state index in [-0.39, 0.29) is 23.7 Å². The number of rotatable bonds is 4. The van der Waals surface area contributed by atoms with Crippen LogP contribution in [0.15, 0.2) is 83.9 Å². The maximum Gasteiger partial charge on any atom is 0.341 e. The second-order valence-corrected chi connectivity index (χ2v) is 6.61. The van der Waals surface area contributed by atoms with Crippen LogP contribution in [-0.2, 0) is 0 Å². The van der Waals surface area contributed by atoms with E-state index in [1.54, 1.807) is 18.2 Å². The van der Waals surface area contributed by atoms with Crippen LogP contribution < -0.4 is 10.1 Å². The van der Waals surface area contributed by atoms with Gasteiger partial charge in [-0.1, -0.05) is 66.7 Å². The Bertz CT molecular complexity index is 1020. The van der Waals surface area contributed by atoms with Gasteiger partial charge in [0.15, 0.2) is 11.5 Å². The minimum absolute atomic E-state index is 0.0570. The summed E-state index contributed by atoms with van der Waals surface area (Å²) < 4.78 is 5.26. The number of benzene rings is 3. The summed E-state index contributed by atoms with van der Waals surface area (Å²) >= 11 is 0. The van der Waals surface area contributed by atoms with Crippen LogP contribution >= 0.6 is 0 Å². The van der Waals surface area contributed by atoms with Crippen molar-refractivity contribution in [2.24, 2.45) is 4.99 Å². The van der Waals surface area contributed by atoms with Gasteiger partial charge in [-0.15, -0.1) is 0 Å². The first-order chi connectivity index (χ1) is 13.7. The van der Waals surface area contributed by atoms with Crippen LogP contribution in [0.3, 0.4) is 0 Å². The van der Waals surface area contributed by atoms with Crippen LogP contribution in [0.5, 0.6) is 11.5 Å². The number of hydrogen-bond acceptors (Lipinski definition) is 3. The molecule has 140 valence electrons. The highest BCUT2D eigenvalue weighted by molar-refractivity contribution is 6.12. The number of hydrogen-bond donors (Lipinski definition) is 2. The molecule has 0 bridgehead atoms. The van der Waals surface area contributed by atoms with Crippen molar-refractivity contribution in [3.05, 3.63) is 95.6 Å². The predicted octanol–water partition coefficient (Wildman–Crippen LogP) is 4.44. The molecule has 1 aliphatic rings. The van der Waals surface area contributed by atoms with E-state index in [9.17, 15) is 9.90 Å². The highest BCUT2D eigenvalue weighted by Gasteiger charge is 2.35. The number of amides is 2. The Morgan fingerprint density at radius 2 is 1.61 bits per heavy atom. The molecule has 3 aromatic carbocycles. The molecular formula is C23H20N2O3. The van der Waals surface area contributed by atoms with Crippen LogP contribution in [0, 0.1) is 0 Å². The van der Waals surface area contributed by atoms with Gasteiger partial charge in [-0.3, -0.25) is 0 Å². The van der Waals surface area contributed by atoms with E-state index in [2.05, 4.69) is 10.3 Å². The summed E-state index contributed by atoms with van der Waals surface area (Å²) in [7, 11) is 1.50. The molecule has 2 unspecified atom stereocenters. The normalized spacial score (nSPS) is 18.9. The minimum atomic E-state index is -0.386. The first-order valence-electron chi connectivity index (χ1n) is 9.03. The average Bonchev–Trinajstić information content (AvgIpc) is 2.74. The molecule has 5 heteroatoms. The largest absolute Gasteiger partial charge is 0.504 e. The molecule has 0 aliphatic carbocycles. The summed E-state index contributed by atoms with van der Waals surface area (Å²) in [4.78, 5) is 16.8. The molecule has 2 N–H and O–H groups in total. The number of urea groups is 1.